The van der Waals surface area contributed by atoms with Crippen LogP contribution in [-0.4, -0.2) is 4.98 Å². The molecule has 0 unspecified atom stereocenters. The van der Waals surface area contributed by atoms with Crippen LogP contribution in [0.4, 0.5) is 13.2 Å². The molecule has 1 aliphatic heterocycles. The molecule has 0 saturated carbocycles. The van der Waals surface area contributed by atoms with Crippen molar-refractivity contribution in [3.05, 3.63) is 35.0 Å². The number of hydrogen-bond acceptors (Lipinski definition) is 1. The van der Waals surface area contributed by atoms with Crippen molar-refractivity contribution < 1.29 is 13.2 Å². The maximum Gasteiger partial charge on any atom is 0.416 e. The molecule has 84 valence electrons. The van der Waals surface area contributed by atoms with Gasteiger partial charge in [-0.3, -0.25) is 0 Å². The Kier molecular flexibility index (Phi) is 1.83. The SMILES string of the molecule is FC(F)(F)c1cc2c3c(c[nH]c3c1)CNC2. The third-order valence-corrected chi connectivity index (χ3v) is 2.90. The van der Waals surface area contributed by atoms with Crippen molar-refractivity contribution in [3.8, 4) is 0 Å². The quantitative estimate of drug-likeness (QED) is 0.710. The van der Waals surface area contributed by atoms with Gasteiger partial charge >= 0.3 is 6.18 Å². The summed E-state index contributed by atoms with van der Waals surface area (Å²) in [5.41, 5.74) is 1.73. The Bertz CT molecular complexity index is 554. The number of H-pyrrole nitrogens is 1. The highest BCUT2D eigenvalue weighted by molar-refractivity contribution is 5.88. The zero-order valence-electron chi connectivity index (χ0n) is 8.28. The number of nitrogens with one attached hydrogen (secondary N) is 2. The Labute approximate surface area is 89.5 Å². The summed E-state index contributed by atoms with van der Waals surface area (Å²) in [6.45, 7) is 1.20. The van der Waals surface area contributed by atoms with Crippen LogP contribution in [-0.2, 0) is 19.3 Å². The van der Waals surface area contributed by atoms with Gasteiger partial charge in [-0.2, -0.15) is 13.2 Å². The number of benzene rings is 1. The summed E-state index contributed by atoms with van der Waals surface area (Å²) in [7, 11) is 0. The molecule has 1 aliphatic rings. The van der Waals surface area contributed by atoms with Crippen molar-refractivity contribution in [3.63, 3.8) is 0 Å². The molecule has 5 heteroatoms. The molecule has 0 bridgehead atoms. The van der Waals surface area contributed by atoms with E-state index < -0.39 is 11.7 Å². The van der Waals surface area contributed by atoms with Gasteiger partial charge in [-0.1, -0.05) is 0 Å². The molecule has 2 nitrogen and oxygen atoms in total. The molecule has 0 atom stereocenters. The zero-order valence-corrected chi connectivity index (χ0v) is 8.28. The highest BCUT2D eigenvalue weighted by atomic mass is 19.4. The molecule has 0 saturated heterocycles. The smallest absolute Gasteiger partial charge is 0.361 e. The predicted octanol–water partition coefficient (Wildman–Crippen LogP) is 2.79. The predicted molar refractivity (Wildman–Crippen MR) is 53.8 cm³/mol. The molecule has 0 fully saturated rings. The Morgan fingerprint density at radius 2 is 1.81 bits per heavy atom. The first-order chi connectivity index (χ1) is 7.55. The highest BCUT2D eigenvalue weighted by Gasteiger charge is 2.32. The van der Waals surface area contributed by atoms with E-state index in [0.717, 1.165) is 10.9 Å². The first-order valence-electron chi connectivity index (χ1n) is 4.96. The molecule has 0 spiro atoms. The van der Waals surface area contributed by atoms with Gasteiger partial charge in [0.1, 0.15) is 0 Å². The minimum Gasteiger partial charge on any atom is -0.361 e. The van der Waals surface area contributed by atoms with Gasteiger partial charge in [-0.25, -0.2) is 0 Å². The van der Waals surface area contributed by atoms with Crippen LogP contribution in [0, 0.1) is 0 Å². The third-order valence-electron chi connectivity index (χ3n) is 2.90. The average molecular weight is 226 g/mol. The first-order valence-corrected chi connectivity index (χ1v) is 4.96. The molecule has 0 aliphatic carbocycles. The second-order valence-electron chi connectivity index (χ2n) is 3.97. The lowest BCUT2D eigenvalue weighted by Gasteiger charge is -2.16. The standard InChI is InChI=1S/C11H9F3N2/c12-11(13,14)8-1-6-3-15-4-7-5-16-9(2-8)10(6)7/h1-2,5,15-16H,3-4H2. The second kappa shape index (κ2) is 3.01. The summed E-state index contributed by atoms with van der Waals surface area (Å²) in [5, 5.41) is 4.02. The Hall–Kier alpha value is -1.49. The van der Waals surface area contributed by atoms with Crippen LogP contribution < -0.4 is 5.32 Å². The molecule has 0 radical (unpaired) electrons. The van der Waals surface area contributed by atoms with Gasteiger partial charge in [-0.15, -0.1) is 0 Å². The lowest BCUT2D eigenvalue weighted by molar-refractivity contribution is -0.137. The molecule has 1 aromatic heterocycles. The number of aromatic nitrogens is 1. The second-order valence-corrected chi connectivity index (χ2v) is 3.97. The van der Waals surface area contributed by atoms with Crippen molar-refractivity contribution >= 4 is 10.9 Å². The number of halogens is 3. The summed E-state index contributed by atoms with van der Waals surface area (Å²) in [6.07, 6.45) is -2.52. The Morgan fingerprint density at radius 1 is 1.06 bits per heavy atom. The lowest BCUT2D eigenvalue weighted by Crippen LogP contribution is -2.18. The largest absolute Gasteiger partial charge is 0.416 e. The number of hydrogen-bond donors (Lipinski definition) is 2. The van der Waals surface area contributed by atoms with Crippen molar-refractivity contribution in [2.45, 2.75) is 19.3 Å². The molecular weight excluding hydrogens is 217 g/mol. The topological polar surface area (TPSA) is 27.8 Å². The molecule has 2 heterocycles. The van der Waals surface area contributed by atoms with Gasteiger partial charge in [0.2, 0.25) is 0 Å². The summed E-state index contributed by atoms with van der Waals surface area (Å²) in [6, 6.07) is 2.40. The van der Waals surface area contributed by atoms with Gasteiger partial charge < -0.3 is 10.3 Å². The van der Waals surface area contributed by atoms with E-state index in [4.69, 9.17) is 0 Å². The minimum atomic E-state index is -4.28. The molecule has 1 aromatic carbocycles. The fourth-order valence-electron chi connectivity index (χ4n) is 2.21. The van der Waals surface area contributed by atoms with Crippen LogP contribution in [0.3, 0.4) is 0 Å². The Morgan fingerprint density at radius 3 is 2.56 bits per heavy atom. The van der Waals surface area contributed by atoms with Crippen LogP contribution in [0.25, 0.3) is 10.9 Å². The van der Waals surface area contributed by atoms with Crippen molar-refractivity contribution in [2.24, 2.45) is 0 Å². The Balaban J connectivity index is 2.31. The molecule has 0 amide bonds. The summed E-state index contributed by atoms with van der Waals surface area (Å²) in [5.74, 6) is 0. The maximum absolute atomic E-state index is 12.6. The van der Waals surface area contributed by atoms with Gasteiger partial charge in [0.15, 0.2) is 0 Å². The summed E-state index contributed by atoms with van der Waals surface area (Å²) < 4.78 is 37.9. The molecule has 3 rings (SSSR count). The van der Waals surface area contributed by atoms with E-state index in [1.54, 1.807) is 6.20 Å². The van der Waals surface area contributed by atoms with Gasteiger partial charge in [0.25, 0.3) is 0 Å². The fraction of sp³-hybridized carbons (Fsp3) is 0.273. The minimum absolute atomic E-state index is 0.491. The molecular formula is C11H9F3N2. The summed E-state index contributed by atoms with van der Waals surface area (Å²) in [4.78, 5) is 2.89. The number of alkyl halides is 3. The van der Waals surface area contributed by atoms with Gasteiger partial charge in [0, 0.05) is 30.2 Å². The monoisotopic (exact) mass is 226 g/mol. The number of aromatic amines is 1. The number of rotatable bonds is 0. The maximum atomic E-state index is 12.6. The van der Waals surface area contributed by atoms with Crippen LogP contribution in [0.15, 0.2) is 18.3 Å². The highest BCUT2D eigenvalue weighted by Crippen LogP contribution is 2.35. The van der Waals surface area contributed by atoms with Gasteiger partial charge in [-0.05, 0) is 23.3 Å². The van der Waals surface area contributed by atoms with E-state index in [1.807, 2.05) is 0 Å². The molecule has 2 aromatic rings. The van der Waals surface area contributed by atoms with E-state index in [9.17, 15) is 13.2 Å². The van der Waals surface area contributed by atoms with E-state index in [0.29, 0.717) is 24.2 Å². The van der Waals surface area contributed by atoms with Crippen LogP contribution in [0.1, 0.15) is 16.7 Å². The van der Waals surface area contributed by atoms with Crippen molar-refractivity contribution in [1.82, 2.24) is 10.3 Å². The van der Waals surface area contributed by atoms with E-state index in [2.05, 4.69) is 10.3 Å². The van der Waals surface area contributed by atoms with Crippen molar-refractivity contribution in [1.29, 1.82) is 0 Å². The fourth-order valence-corrected chi connectivity index (χ4v) is 2.21. The first kappa shape index (κ1) is 9.72. The van der Waals surface area contributed by atoms with E-state index in [1.165, 1.54) is 12.1 Å². The molecule has 16 heavy (non-hydrogen) atoms. The summed E-state index contributed by atoms with van der Waals surface area (Å²) >= 11 is 0. The van der Waals surface area contributed by atoms with Crippen LogP contribution >= 0.6 is 0 Å². The van der Waals surface area contributed by atoms with Gasteiger partial charge in [0.05, 0.1) is 5.56 Å². The molecule has 2 N–H and O–H groups in total. The van der Waals surface area contributed by atoms with Crippen molar-refractivity contribution in [2.75, 3.05) is 0 Å². The van der Waals surface area contributed by atoms with E-state index in [-0.39, 0.29) is 0 Å². The van der Waals surface area contributed by atoms with Crippen LogP contribution in [0.5, 0.6) is 0 Å². The van der Waals surface area contributed by atoms with Crippen LogP contribution in [0.2, 0.25) is 0 Å². The van der Waals surface area contributed by atoms with E-state index >= 15 is 0 Å². The third kappa shape index (κ3) is 1.31. The average Bonchev–Trinajstić information content (AvgIpc) is 2.62. The normalized spacial score (nSPS) is 15.7. The lowest BCUT2D eigenvalue weighted by atomic mass is 10.00. The zero-order chi connectivity index (χ0) is 11.3.